The Bertz CT molecular complexity index is 546. The fraction of sp³-hybridized carbons (Fsp3) is 0.529. The van der Waals surface area contributed by atoms with Crippen molar-refractivity contribution in [3.05, 3.63) is 35.4 Å². The van der Waals surface area contributed by atoms with Crippen LogP contribution in [-0.4, -0.2) is 41.5 Å². The van der Waals surface area contributed by atoms with Gasteiger partial charge in [0, 0.05) is 0 Å². The summed E-state index contributed by atoms with van der Waals surface area (Å²) < 4.78 is 0. The highest BCUT2D eigenvalue weighted by atomic mass is 16.4. The molecule has 1 amide bonds. The number of carbonyl (C=O) groups excluding carboxylic acids is 1. The average molecular weight is 304 g/mol. The van der Waals surface area contributed by atoms with E-state index in [9.17, 15) is 14.7 Å². The van der Waals surface area contributed by atoms with Crippen molar-refractivity contribution in [2.45, 2.75) is 44.2 Å². The number of hydrogen-bond donors (Lipinski definition) is 2. The number of benzene rings is 1. The maximum atomic E-state index is 12.7. The lowest BCUT2D eigenvalue weighted by atomic mass is 9.95. The Morgan fingerprint density at radius 2 is 1.73 bits per heavy atom. The van der Waals surface area contributed by atoms with Crippen LogP contribution in [0.4, 0.5) is 0 Å². The molecule has 22 heavy (non-hydrogen) atoms. The molecule has 0 bridgehead atoms. The monoisotopic (exact) mass is 304 g/mol. The van der Waals surface area contributed by atoms with Gasteiger partial charge in [-0.1, -0.05) is 42.7 Å². The van der Waals surface area contributed by atoms with Crippen LogP contribution in [0.2, 0.25) is 0 Å². The molecule has 0 saturated heterocycles. The second-order valence-corrected chi connectivity index (χ2v) is 6.36. The SMILES string of the molecule is Cc1ccc(C(C(=O)NC2(C(=O)O)CCCC2)N(C)C)cc1. The number of nitrogens with one attached hydrogen (secondary N) is 1. The molecule has 1 aliphatic carbocycles. The van der Waals surface area contributed by atoms with E-state index in [0.29, 0.717) is 12.8 Å². The van der Waals surface area contributed by atoms with Crippen LogP contribution in [0.5, 0.6) is 0 Å². The first-order chi connectivity index (χ1) is 10.4. The Morgan fingerprint density at radius 1 is 1.18 bits per heavy atom. The van der Waals surface area contributed by atoms with Crippen molar-refractivity contribution in [3.63, 3.8) is 0 Å². The zero-order valence-corrected chi connectivity index (χ0v) is 13.4. The van der Waals surface area contributed by atoms with Gasteiger partial charge in [0.1, 0.15) is 11.6 Å². The number of nitrogens with zero attached hydrogens (tertiary/aromatic N) is 1. The first-order valence-corrected chi connectivity index (χ1v) is 7.64. The van der Waals surface area contributed by atoms with Crippen LogP contribution in [0.3, 0.4) is 0 Å². The summed E-state index contributed by atoms with van der Waals surface area (Å²) >= 11 is 0. The average Bonchev–Trinajstić information content (AvgIpc) is 2.90. The van der Waals surface area contributed by atoms with Crippen LogP contribution >= 0.6 is 0 Å². The summed E-state index contributed by atoms with van der Waals surface area (Å²) in [7, 11) is 3.65. The molecular weight excluding hydrogens is 280 g/mol. The van der Waals surface area contributed by atoms with Crippen molar-refractivity contribution in [1.29, 1.82) is 0 Å². The molecule has 5 heteroatoms. The Labute approximate surface area is 131 Å². The normalized spacial score (nSPS) is 18.2. The fourth-order valence-electron chi connectivity index (χ4n) is 3.11. The van der Waals surface area contributed by atoms with E-state index in [0.717, 1.165) is 24.0 Å². The van der Waals surface area contributed by atoms with Gasteiger partial charge in [-0.05, 0) is 39.4 Å². The highest BCUT2D eigenvalue weighted by molar-refractivity contribution is 5.90. The van der Waals surface area contributed by atoms with Crippen LogP contribution in [0.25, 0.3) is 0 Å². The molecule has 5 nitrogen and oxygen atoms in total. The summed E-state index contributed by atoms with van der Waals surface area (Å²) in [4.78, 5) is 26.1. The lowest BCUT2D eigenvalue weighted by molar-refractivity contribution is -0.148. The number of aryl methyl sites for hydroxylation is 1. The second-order valence-electron chi connectivity index (χ2n) is 6.36. The summed E-state index contributed by atoms with van der Waals surface area (Å²) in [6.07, 6.45) is 2.68. The summed E-state index contributed by atoms with van der Waals surface area (Å²) in [5.41, 5.74) is 0.891. The zero-order valence-electron chi connectivity index (χ0n) is 13.4. The first-order valence-electron chi connectivity index (χ1n) is 7.64. The van der Waals surface area contributed by atoms with Gasteiger partial charge >= 0.3 is 5.97 Å². The van der Waals surface area contributed by atoms with Crippen molar-refractivity contribution in [3.8, 4) is 0 Å². The minimum Gasteiger partial charge on any atom is -0.480 e. The topological polar surface area (TPSA) is 69.6 Å². The third-order valence-electron chi connectivity index (χ3n) is 4.39. The van der Waals surface area contributed by atoms with E-state index in [1.54, 1.807) is 0 Å². The van der Waals surface area contributed by atoms with E-state index >= 15 is 0 Å². The maximum absolute atomic E-state index is 12.7. The molecule has 0 heterocycles. The molecule has 1 atom stereocenters. The summed E-state index contributed by atoms with van der Waals surface area (Å²) in [5.74, 6) is -1.18. The van der Waals surface area contributed by atoms with E-state index in [-0.39, 0.29) is 5.91 Å². The summed E-state index contributed by atoms with van der Waals surface area (Å²) in [5, 5.41) is 12.3. The number of amides is 1. The van der Waals surface area contributed by atoms with Crippen molar-refractivity contribution in [2.75, 3.05) is 14.1 Å². The van der Waals surface area contributed by atoms with E-state index in [1.807, 2.05) is 50.2 Å². The lowest BCUT2D eigenvalue weighted by Crippen LogP contribution is -2.55. The number of likely N-dealkylation sites (N-methyl/N-ethyl adjacent to an activating group) is 1. The highest BCUT2D eigenvalue weighted by Gasteiger charge is 2.44. The number of carboxylic acid groups (broad SMARTS) is 1. The summed E-state index contributed by atoms with van der Waals surface area (Å²) in [6, 6.07) is 7.27. The molecule has 1 aliphatic rings. The number of aliphatic carboxylic acids is 1. The van der Waals surface area contributed by atoms with Gasteiger partial charge in [0.2, 0.25) is 5.91 Å². The smallest absolute Gasteiger partial charge is 0.329 e. The molecule has 1 unspecified atom stereocenters. The van der Waals surface area contributed by atoms with Gasteiger partial charge in [0.05, 0.1) is 0 Å². The molecule has 1 aromatic rings. The molecule has 120 valence electrons. The van der Waals surface area contributed by atoms with Crippen LogP contribution in [0.15, 0.2) is 24.3 Å². The molecule has 2 N–H and O–H groups in total. The van der Waals surface area contributed by atoms with Crippen LogP contribution < -0.4 is 5.32 Å². The highest BCUT2D eigenvalue weighted by Crippen LogP contribution is 2.31. The molecule has 2 rings (SSSR count). The quantitative estimate of drug-likeness (QED) is 0.874. The summed E-state index contributed by atoms with van der Waals surface area (Å²) in [6.45, 7) is 1.99. The standard InChI is InChI=1S/C17H24N2O3/c1-12-6-8-13(9-7-12)14(19(2)3)15(20)18-17(16(21)22)10-4-5-11-17/h6-9,14H,4-5,10-11H2,1-3H3,(H,18,20)(H,21,22). The number of carboxylic acids is 1. The zero-order chi connectivity index (χ0) is 16.3. The molecule has 0 spiro atoms. The Kier molecular flexibility index (Phi) is 4.86. The van der Waals surface area contributed by atoms with Crippen LogP contribution in [-0.2, 0) is 9.59 Å². The van der Waals surface area contributed by atoms with E-state index in [1.165, 1.54) is 0 Å². The van der Waals surface area contributed by atoms with Crippen LogP contribution in [0, 0.1) is 6.92 Å². The van der Waals surface area contributed by atoms with Crippen molar-refractivity contribution in [2.24, 2.45) is 0 Å². The van der Waals surface area contributed by atoms with E-state index in [2.05, 4.69) is 5.32 Å². The molecule has 0 aromatic heterocycles. The van der Waals surface area contributed by atoms with Crippen molar-refractivity contribution < 1.29 is 14.7 Å². The van der Waals surface area contributed by atoms with E-state index in [4.69, 9.17) is 0 Å². The molecule has 0 aliphatic heterocycles. The van der Waals surface area contributed by atoms with Gasteiger partial charge in [-0.15, -0.1) is 0 Å². The van der Waals surface area contributed by atoms with Gasteiger partial charge < -0.3 is 10.4 Å². The molecule has 1 fully saturated rings. The molecule has 0 radical (unpaired) electrons. The number of rotatable bonds is 5. The minimum absolute atomic E-state index is 0.252. The molecule has 1 aromatic carbocycles. The van der Waals surface area contributed by atoms with Gasteiger partial charge in [-0.2, -0.15) is 0 Å². The van der Waals surface area contributed by atoms with Crippen molar-refractivity contribution >= 4 is 11.9 Å². The third kappa shape index (κ3) is 3.30. The Balaban J connectivity index is 2.23. The first kappa shape index (κ1) is 16.5. The van der Waals surface area contributed by atoms with Gasteiger partial charge in [-0.3, -0.25) is 9.69 Å². The van der Waals surface area contributed by atoms with Crippen LogP contribution in [0.1, 0.15) is 42.9 Å². The van der Waals surface area contributed by atoms with Gasteiger partial charge in [0.25, 0.3) is 0 Å². The Hall–Kier alpha value is -1.88. The predicted molar refractivity (Wildman–Crippen MR) is 84.6 cm³/mol. The Morgan fingerprint density at radius 3 is 2.18 bits per heavy atom. The van der Waals surface area contributed by atoms with Gasteiger partial charge in [0.15, 0.2) is 0 Å². The lowest BCUT2D eigenvalue weighted by Gasteiger charge is -2.30. The van der Waals surface area contributed by atoms with E-state index < -0.39 is 17.6 Å². The molecular formula is C17H24N2O3. The molecule has 1 saturated carbocycles. The predicted octanol–water partition coefficient (Wildman–Crippen LogP) is 2.11. The third-order valence-corrected chi connectivity index (χ3v) is 4.39. The largest absolute Gasteiger partial charge is 0.480 e. The maximum Gasteiger partial charge on any atom is 0.329 e. The number of carbonyl (C=O) groups is 2. The fourth-order valence-corrected chi connectivity index (χ4v) is 3.11. The second kappa shape index (κ2) is 6.48. The minimum atomic E-state index is -1.10. The van der Waals surface area contributed by atoms with Gasteiger partial charge in [-0.25, -0.2) is 4.79 Å². The van der Waals surface area contributed by atoms with Crippen molar-refractivity contribution in [1.82, 2.24) is 10.2 Å². The number of hydrogen-bond acceptors (Lipinski definition) is 3.